The van der Waals surface area contributed by atoms with Crippen molar-refractivity contribution in [3.05, 3.63) is 124 Å². The van der Waals surface area contributed by atoms with Gasteiger partial charge in [0.15, 0.2) is 6.10 Å². The van der Waals surface area contributed by atoms with E-state index in [1.54, 1.807) is 72.8 Å². The topological polar surface area (TPSA) is 136 Å². The van der Waals surface area contributed by atoms with Crippen LogP contribution in [0.2, 0.25) is 0 Å². The molecule has 0 saturated carbocycles. The fourth-order valence-electron chi connectivity index (χ4n) is 4.63. The monoisotopic (exact) mass is 637 g/mol. The Morgan fingerprint density at radius 1 is 0.891 bits per heavy atom. The molecule has 2 unspecified atom stereocenters. The maximum absolute atomic E-state index is 13.6. The van der Waals surface area contributed by atoms with E-state index in [2.05, 4.69) is 15.4 Å². The zero-order valence-electron chi connectivity index (χ0n) is 24.5. The van der Waals surface area contributed by atoms with E-state index in [-0.39, 0.29) is 30.0 Å². The number of aromatic nitrogens is 1. The number of carbonyl (C=O) groups excluding carboxylic acids is 3. The van der Waals surface area contributed by atoms with Crippen LogP contribution in [-0.2, 0) is 33.8 Å². The first-order valence-corrected chi connectivity index (χ1v) is 13.9. The van der Waals surface area contributed by atoms with E-state index >= 15 is 0 Å². The summed E-state index contributed by atoms with van der Waals surface area (Å²) in [5.41, 5.74) is 0.820. The number of nitrogens with one attached hydrogen (secondary N) is 2. The van der Waals surface area contributed by atoms with Crippen molar-refractivity contribution in [1.29, 1.82) is 0 Å². The van der Waals surface area contributed by atoms with Gasteiger partial charge >= 0.3 is 18.2 Å². The van der Waals surface area contributed by atoms with Crippen molar-refractivity contribution in [2.75, 3.05) is 12.4 Å². The van der Waals surface area contributed by atoms with Gasteiger partial charge < -0.3 is 19.9 Å². The Bertz CT molecular complexity index is 1730. The number of alkyl halides is 3. The molecule has 240 valence electrons. The third-order valence-electron chi connectivity index (χ3n) is 6.86. The number of esters is 1. The first kappa shape index (κ1) is 33.5. The molecule has 0 radical (unpaired) electrons. The van der Waals surface area contributed by atoms with Gasteiger partial charge in [0.05, 0.1) is 24.4 Å². The highest BCUT2D eigenvalue weighted by molar-refractivity contribution is 5.89. The number of aliphatic hydroxyl groups is 1. The molecular weight excluding hydrogens is 607 g/mol. The molecule has 0 aliphatic carbocycles. The van der Waals surface area contributed by atoms with Gasteiger partial charge in [0.1, 0.15) is 18.8 Å². The van der Waals surface area contributed by atoms with Crippen LogP contribution in [-0.4, -0.2) is 53.1 Å². The van der Waals surface area contributed by atoms with Crippen LogP contribution in [0.3, 0.4) is 0 Å². The lowest BCUT2D eigenvalue weighted by Gasteiger charge is -2.26. The van der Waals surface area contributed by atoms with Crippen LogP contribution in [0.1, 0.15) is 21.5 Å². The smallest absolute Gasteiger partial charge is 0.416 e. The number of anilines is 1. The minimum absolute atomic E-state index is 0.246. The standard InChI is InChI=1S/C33H30F3N3O7/c1-45-31(43)24-14-8-11-22(17-24)20-46-32(44)38-25-15-16-27(23-12-6-3-7-13-23)39(30(25)42)19-28(40)37-26(29(41)33(34,35)36)18-21-9-4-2-5-10-21/h2-17,26,29,41H,18-20H2,1H3,(H,37,40)(H,38,44). The minimum Gasteiger partial charge on any atom is -0.465 e. The molecule has 0 bridgehead atoms. The molecule has 4 rings (SSSR count). The Morgan fingerprint density at radius 3 is 2.20 bits per heavy atom. The molecule has 0 saturated heterocycles. The van der Waals surface area contributed by atoms with Crippen LogP contribution >= 0.6 is 0 Å². The second kappa shape index (κ2) is 15.0. The lowest BCUT2D eigenvalue weighted by atomic mass is 10.0. The molecule has 4 aromatic rings. The zero-order valence-corrected chi connectivity index (χ0v) is 24.5. The lowest BCUT2D eigenvalue weighted by molar-refractivity contribution is -0.212. The normalized spacial score (nSPS) is 12.5. The predicted octanol–water partition coefficient (Wildman–Crippen LogP) is 4.70. The molecule has 2 atom stereocenters. The molecule has 0 spiro atoms. The average Bonchev–Trinajstić information content (AvgIpc) is 3.05. The lowest BCUT2D eigenvalue weighted by Crippen LogP contribution is -2.52. The largest absolute Gasteiger partial charge is 0.465 e. The van der Waals surface area contributed by atoms with E-state index in [0.717, 1.165) is 4.57 Å². The Hall–Kier alpha value is -5.43. The number of pyridine rings is 1. The Labute approximate surface area is 261 Å². The quantitative estimate of drug-likeness (QED) is 0.203. The molecular formula is C33H30F3N3O7. The van der Waals surface area contributed by atoms with Gasteiger partial charge in [-0.3, -0.25) is 19.5 Å². The van der Waals surface area contributed by atoms with Crippen molar-refractivity contribution in [2.45, 2.75) is 37.9 Å². The van der Waals surface area contributed by atoms with E-state index in [4.69, 9.17) is 4.74 Å². The van der Waals surface area contributed by atoms with E-state index in [0.29, 0.717) is 16.7 Å². The van der Waals surface area contributed by atoms with E-state index in [1.165, 1.54) is 31.4 Å². The van der Waals surface area contributed by atoms with Crippen LogP contribution in [0.25, 0.3) is 11.3 Å². The van der Waals surface area contributed by atoms with Crippen molar-refractivity contribution >= 4 is 23.7 Å². The van der Waals surface area contributed by atoms with Crippen LogP contribution in [0, 0.1) is 0 Å². The minimum atomic E-state index is -5.02. The van der Waals surface area contributed by atoms with Crippen molar-refractivity contribution in [3.63, 3.8) is 0 Å². The first-order valence-electron chi connectivity index (χ1n) is 13.9. The fraction of sp³-hybridized carbons (Fsp3) is 0.212. The SMILES string of the molecule is COC(=O)c1cccc(COC(=O)Nc2ccc(-c3ccccc3)n(CC(=O)NC(Cc3ccccc3)C(O)C(F)(F)F)c2=O)c1. The molecule has 3 N–H and O–H groups in total. The number of hydrogen-bond donors (Lipinski definition) is 3. The summed E-state index contributed by atoms with van der Waals surface area (Å²) in [4.78, 5) is 51.1. The van der Waals surface area contributed by atoms with Gasteiger partial charge in [-0.2, -0.15) is 13.2 Å². The summed E-state index contributed by atoms with van der Waals surface area (Å²) in [5.74, 6) is -1.55. The van der Waals surface area contributed by atoms with Crippen molar-refractivity contribution in [2.24, 2.45) is 0 Å². The number of ether oxygens (including phenoxy) is 2. The van der Waals surface area contributed by atoms with Crippen molar-refractivity contribution < 1.29 is 42.1 Å². The van der Waals surface area contributed by atoms with Gasteiger partial charge in [0.25, 0.3) is 5.56 Å². The maximum Gasteiger partial charge on any atom is 0.416 e. The van der Waals surface area contributed by atoms with Crippen LogP contribution in [0.4, 0.5) is 23.7 Å². The van der Waals surface area contributed by atoms with Gasteiger partial charge in [-0.1, -0.05) is 72.8 Å². The second-order valence-electron chi connectivity index (χ2n) is 10.1. The number of aliphatic hydroxyl groups excluding tert-OH is 1. The summed E-state index contributed by atoms with van der Waals surface area (Å²) < 4.78 is 51.4. The van der Waals surface area contributed by atoms with Crippen LogP contribution in [0.15, 0.2) is 102 Å². The van der Waals surface area contributed by atoms with E-state index in [1.807, 2.05) is 0 Å². The van der Waals surface area contributed by atoms with Gasteiger partial charge in [-0.15, -0.1) is 0 Å². The van der Waals surface area contributed by atoms with Gasteiger partial charge in [-0.25, -0.2) is 9.59 Å². The maximum atomic E-state index is 13.6. The number of hydrogen-bond acceptors (Lipinski definition) is 7. The molecule has 13 heteroatoms. The fourth-order valence-corrected chi connectivity index (χ4v) is 4.63. The van der Waals surface area contributed by atoms with E-state index < -0.39 is 48.4 Å². The molecule has 0 aliphatic rings. The number of methoxy groups -OCH3 is 1. The summed E-state index contributed by atoms with van der Waals surface area (Å²) in [6, 6.07) is 23.7. The van der Waals surface area contributed by atoms with Crippen LogP contribution < -0.4 is 16.2 Å². The van der Waals surface area contributed by atoms with Gasteiger partial charge in [0.2, 0.25) is 5.91 Å². The Kier molecular flexibility index (Phi) is 10.9. The van der Waals surface area contributed by atoms with Crippen molar-refractivity contribution in [1.82, 2.24) is 9.88 Å². The number of halogens is 3. The number of amides is 2. The van der Waals surface area contributed by atoms with Gasteiger partial charge in [-0.05, 0) is 47.4 Å². The molecule has 0 fully saturated rings. The molecule has 10 nitrogen and oxygen atoms in total. The third-order valence-corrected chi connectivity index (χ3v) is 6.86. The Balaban J connectivity index is 1.56. The molecule has 0 aliphatic heterocycles. The molecule has 46 heavy (non-hydrogen) atoms. The summed E-state index contributed by atoms with van der Waals surface area (Å²) in [5, 5.41) is 14.6. The predicted molar refractivity (Wildman–Crippen MR) is 162 cm³/mol. The molecule has 1 heterocycles. The number of carbonyl (C=O) groups is 3. The first-order chi connectivity index (χ1) is 22.0. The molecule has 3 aromatic carbocycles. The number of rotatable bonds is 11. The highest BCUT2D eigenvalue weighted by Crippen LogP contribution is 2.25. The third kappa shape index (κ3) is 8.82. The van der Waals surface area contributed by atoms with Crippen LogP contribution in [0.5, 0.6) is 0 Å². The summed E-state index contributed by atoms with van der Waals surface area (Å²) >= 11 is 0. The summed E-state index contributed by atoms with van der Waals surface area (Å²) in [6.07, 6.45) is -9.24. The summed E-state index contributed by atoms with van der Waals surface area (Å²) in [7, 11) is 1.23. The molecule has 1 aromatic heterocycles. The zero-order chi connectivity index (χ0) is 33.3. The highest BCUT2D eigenvalue weighted by atomic mass is 19.4. The second-order valence-corrected chi connectivity index (χ2v) is 10.1. The Morgan fingerprint density at radius 2 is 1.54 bits per heavy atom. The van der Waals surface area contributed by atoms with Gasteiger partial charge in [0, 0.05) is 0 Å². The summed E-state index contributed by atoms with van der Waals surface area (Å²) in [6.45, 7) is -0.983. The number of benzene rings is 3. The molecule has 2 amide bonds. The number of nitrogens with zero attached hydrogens (tertiary/aromatic N) is 1. The average molecular weight is 638 g/mol. The van der Waals surface area contributed by atoms with E-state index in [9.17, 15) is 37.5 Å². The van der Waals surface area contributed by atoms with Crippen molar-refractivity contribution in [3.8, 4) is 11.3 Å². The highest BCUT2D eigenvalue weighted by Gasteiger charge is 2.44.